The Morgan fingerprint density at radius 2 is 2.19 bits per heavy atom. The lowest BCUT2D eigenvalue weighted by atomic mass is 10.0. The summed E-state index contributed by atoms with van der Waals surface area (Å²) in [6.45, 7) is 2.06. The van der Waals surface area contributed by atoms with Crippen molar-refractivity contribution in [1.29, 1.82) is 0 Å². The number of benzene rings is 1. The van der Waals surface area contributed by atoms with Crippen molar-refractivity contribution in [2.24, 2.45) is 7.05 Å². The molecule has 0 saturated heterocycles. The van der Waals surface area contributed by atoms with Crippen molar-refractivity contribution in [3.8, 4) is 0 Å². The van der Waals surface area contributed by atoms with Crippen molar-refractivity contribution >= 4 is 16.9 Å². The van der Waals surface area contributed by atoms with Crippen LogP contribution in [0.4, 0.5) is 0 Å². The van der Waals surface area contributed by atoms with Gasteiger partial charge in [-0.15, -0.1) is 0 Å². The molecule has 1 aromatic heterocycles. The molecule has 0 saturated carbocycles. The van der Waals surface area contributed by atoms with E-state index in [0.717, 1.165) is 5.56 Å². The monoisotopic (exact) mass is 217 g/mol. The molecule has 0 unspecified atom stereocenters. The minimum absolute atomic E-state index is 0.188. The van der Waals surface area contributed by atoms with Crippen molar-refractivity contribution in [2.75, 3.05) is 0 Å². The number of rotatable bonds is 3. The average Bonchev–Trinajstić information content (AvgIpc) is 2.52. The third kappa shape index (κ3) is 1.81. The highest BCUT2D eigenvalue weighted by atomic mass is 16.4. The van der Waals surface area contributed by atoms with Crippen molar-refractivity contribution < 1.29 is 9.90 Å². The maximum atomic E-state index is 10.6. The third-order valence-corrected chi connectivity index (χ3v) is 2.90. The van der Waals surface area contributed by atoms with E-state index in [1.165, 1.54) is 16.5 Å². The van der Waals surface area contributed by atoms with Gasteiger partial charge in [-0.1, -0.05) is 12.1 Å². The van der Waals surface area contributed by atoms with Crippen LogP contribution in [-0.2, 0) is 18.3 Å². The Morgan fingerprint density at radius 1 is 1.44 bits per heavy atom. The molecular formula is C13H15NO2. The van der Waals surface area contributed by atoms with Crippen LogP contribution in [0.15, 0.2) is 24.4 Å². The van der Waals surface area contributed by atoms with Gasteiger partial charge in [-0.05, 0) is 30.5 Å². The van der Waals surface area contributed by atoms with Gasteiger partial charge in [0.05, 0.1) is 0 Å². The van der Waals surface area contributed by atoms with Crippen LogP contribution in [0.3, 0.4) is 0 Å². The lowest BCUT2D eigenvalue weighted by molar-refractivity contribution is -0.136. The second-order valence-corrected chi connectivity index (χ2v) is 4.13. The lowest BCUT2D eigenvalue weighted by Gasteiger charge is -2.03. The Labute approximate surface area is 94.3 Å². The average molecular weight is 217 g/mol. The zero-order valence-corrected chi connectivity index (χ0v) is 9.53. The molecule has 0 radical (unpaired) electrons. The van der Waals surface area contributed by atoms with Crippen LogP contribution in [0.1, 0.15) is 17.5 Å². The molecule has 0 fully saturated rings. The fraction of sp³-hybridized carbons (Fsp3) is 0.308. The van der Waals surface area contributed by atoms with E-state index in [4.69, 9.17) is 5.11 Å². The van der Waals surface area contributed by atoms with E-state index in [-0.39, 0.29) is 6.42 Å². The maximum Gasteiger partial charge on any atom is 0.303 e. The van der Waals surface area contributed by atoms with Gasteiger partial charge in [-0.2, -0.15) is 0 Å². The summed E-state index contributed by atoms with van der Waals surface area (Å²) in [6.07, 6.45) is 2.86. The first-order chi connectivity index (χ1) is 7.59. The maximum absolute atomic E-state index is 10.6. The van der Waals surface area contributed by atoms with Crippen LogP contribution in [0, 0.1) is 6.92 Å². The molecule has 0 aliphatic carbocycles. The predicted octanol–water partition coefficient (Wildman–Crippen LogP) is 2.50. The van der Waals surface area contributed by atoms with Crippen LogP contribution in [-0.4, -0.2) is 15.6 Å². The van der Waals surface area contributed by atoms with E-state index >= 15 is 0 Å². The molecule has 0 atom stereocenters. The molecule has 3 nitrogen and oxygen atoms in total. The van der Waals surface area contributed by atoms with Gasteiger partial charge in [0.15, 0.2) is 0 Å². The normalized spacial score (nSPS) is 10.9. The standard InChI is InChI=1S/C13H15NO2/c1-9-8-14(2)11-5-3-4-10(13(9)11)6-7-12(15)16/h3-5,8H,6-7H2,1-2H3,(H,15,16). The molecule has 0 amide bonds. The topological polar surface area (TPSA) is 42.2 Å². The molecule has 0 bridgehead atoms. The fourth-order valence-electron chi connectivity index (χ4n) is 2.21. The minimum Gasteiger partial charge on any atom is -0.481 e. The number of aryl methyl sites for hydroxylation is 3. The largest absolute Gasteiger partial charge is 0.481 e. The van der Waals surface area contributed by atoms with E-state index < -0.39 is 5.97 Å². The highest BCUT2D eigenvalue weighted by molar-refractivity contribution is 5.87. The highest BCUT2D eigenvalue weighted by Gasteiger charge is 2.08. The van der Waals surface area contributed by atoms with Gasteiger partial charge in [-0.25, -0.2) is 0 Å². The van der Waals surface area contributed by atoms with Crippen molar-refractivity contribution in [1.82, 2.24) is 4.57 Å². The molecule has 2 rings (SSSR count). The zero-order chi connectivity index (χ0) is 11.7. The Morgan fingerprint density at radius 3 is 2.88 bits per heavy atom. The second kappa shape index (κ2) is 4.00. The summed E-state index contributed by atoms with van der Waals surface area (Å²) >= 11 is 0. The van der Waals surface area contributed by atoms with Gasteiger partial charge in [0.2, 0.25) is 0 Å². The lowest BCUT2D eigenvalue weighted by Crippen LogP contribution is -1.98. The Hall–Kier alpha value is -1.77. The van der Waals surface area contributed by atoms with Gasteiger partial charge in [0.1, 0.15) is 0 Å². The summed E-state index contributed by atoms with van der Waals surface area (Å²) in [5.74, 6) is -0.745. The molecule has 3 heteroatoms. The molecule has 2 aromatic rings. The summed E-state index contributed by atoms with van der Waals surface area (Å²) in [6, 6.07) is 6.06. The Bertz CT molecular complexity index is 540. The van der Waals surface area contributed by atoms with Gasteiger partial charge in [0, 0.05) is 30.6 Å². The molecule has 0 aliphatic rings. The number of aliphatic carboxylic acids is 1. The first-order valence-electron chi connectivity index (χ1n) is 5.35. The third-order valence-electron chi connectivity index (χ3n) is 2.90. The minimum atomic E-state index is -0.745. The van der Waals surface area contributed by atoms with Crippen LogP contribution < -0.4 is 0 Å². The SMILES string of the molecule is Cc1cn(C)c2cccc(CCC(=O)O)c12. The van der Waals surface area contributed by atoms with Crippen LogP contribution in [0.2, 0.25) is 0 Å². The van der Waals surface area contributed by atoms with Crippen molar-refractivity contribution in [3.05, 3.63) is 35.5 Å². The van der Waals surface area contributed by atoms with E-state index in [2.05, 4.69) is 23.8 Å². The predicted molar refractivity (Wildman–Crippen MR) is 63.6 cm³/mol. The number of carboxylic acids is 1. The van der Waals surface area contributed by atoms with Gasteiger partial charge >= 0.3 is 5.97 Å². The van der Waals surface area contributed by atoms with Crippen LogP contribution in [0.25, 0.3) is 10.9 Å². The molecule has 0 spiro atoms. The smallest absolute Gasteiger partial charge is 0.303 e. The number of fused-ring (bicyclic) bond motifs is 1. The van der Waals surface area contributed by atoms with Crippen molar-refractivity contribution in [3.63, 3.8) is 0 Å². The highest BCUT2D eigenvalue weighted by Crippen LogP contribution is 2.24. The number of carbonyl (C=O) groups is 1. The molecule has 1 heterocycles. The molecular weight excluding hydrogens is 202 g/mol. The Balaban J connectivity index is 2.48. The van der Waals surface area contributed by atoms with Gasteiger partial charge < -0.3 is 9.67 Å². The second-order valence-electron chi connectivity index (χ2n) is 4.13. The molecule has 0 aliphatic heterocycles. The first-order valence-corrected chi connectivity index (χ1v) is 5.35. The number of aromatic nitrogens is 1. The summed E-state index contributed by atoms with van der Waals surface area (Å²) in [4.78, 5) is 10.6. The van der Waals surface area contributed by atoms with Crippen LogP contribution >= 0.6 is 0 Å². The van der Waals surface area contributed by atoms with E-state index in [9.17, 15) is 4.79 Å². The fourth-order valence-corrected chi connectivity index (χ4v) is 2.21. The van der Waals surface area contributed by atoms with E-state index in [0.29, 0.717) is 6.42 Å². The van der Waals surface area contributed by atoms with Gasteiger partial charge in [-0.3, -0.25) is 4.79 Å². The number of hydrogen-bond donors (Lipinski definition) is 1. The van der Waals surface area contributed by atoms with E-state index in [1.54, 1.807) is 0 Å². The molecule has 16 heavy (non-hydrogen) atoms. The van der Waals surface area contributed by atoms with E-state index in [1.807, 2.05) is 19.2 Å². The molecule has 1 aromatic carbocycles. The quantitative estimate of drug-likeness (QED) is 0.858. The first kappa shape index (κ1) is 10.7. The van der Waals surface area contributed by atoms with Crippen molar-refractivity contribution in [2.45, 2.75) is 19.8 Å². The summed E-state index contributed by atoms with van der Waals surface area (Å²) < 4.78 is 2.08. The Kier molecular flexibility index (Phi) is 2.69. The number of hydrogen-bond acceptors (Lipinski definition) is 1. The van der Waals surface area contributed by atoms with Crippen LogP contribution in [0.5, 0.6) is 0 Å². The summed E-state index contributed by atoms with van der Waals surface area (Å²) in [7, 11) is 2.01. The summed E-state index contributed by atoms with van der Waals surface area (Å²) in [5, 5.41) is 9.92. The summed E-state index contributed by atoms with van der Waals surface area (Å²) in [5.41, 5.74) is 3.50. The van der Waals surface area contributed by atoms with Gasteiger partial charge in [0.25, 0.3) is 0 Å². The number of carboxylic acid groups (broad SMARTS) is 1. The molecule has 84 valence electrons. The molecule has 1 N–H and O–H groups in total. The zero-order valence-electron chi connectivity index (χ0n) is 9.53. The number of nitrogens with zero attached hydrogens (tertiary/aromatic N) is 1.